The number of benzene rings is 2. The first kappa shape index (κ1) is 23.0. The Morgan fingerprint density at radius 2 is 1.81 bits per heavy atom. The van der Waals surface area contributed by atoms with Gasteiger partial charge in [0, 0.05) is 24.5 Å². The average molecular weight is 463 g/mol. The lowest BCUT2D eigenvalue weighted by atomic mass is 10.1. The predicted octanol–water partition coefficient (Wildman–Crippen LogP) is 3.63. The van der Waals surface area contributed by atoms with Crippen molar-refractivity contribution in [3.8, 4) is 0 Å². The Morgan fingerprint density at radius 1 is 1.00 bits per heavy atom. The number of halogens is 1. The number of ether oxygens (including phenoxy) is 1. The van der Waals surface area contributed by atoms with Crippen molar-refractivity contribution >= 4 is 27.5 Å². The van der Waals surface area contributed by atoms with E-state index < -0.39 is 10.0 Å². The van der Waals surface area contributed by atoms with Gasteiger partial charge in [-0.1, -0.05) is 41.9 Å². The van der Waals surface area contributed by atoms with Crippen LogP contribution in [0.1, 0.15) is 23.3 Å². The number of carbonyl (C=O) groups is 1. The standard InChI is InChI=1S/C22H23ClN2O5S/c23-19-6-2-8-21(13-19)31(27,28)25-10-9-22(26)24-14-17-4-1-5-18(12-17)15-29-16-20-7-3-11-30-20/h1-8,11-13,25H,9-10,14-16H2,(H,24,26). The highest BCUT2D eigenvalue weighted by Gasteiger charge is 2.14. The lowest BCUT2D eigenvalue weighted by Crippen LogP contribution is -2.30. The van der Waals surface area contributed by atoms with E-state index in [2.05, 4.69) is 10.0 Å². The first-order chi connectivity index (χ1) is 14.9. The number of rotatable bonds is 11. The number of amides is 1. The van der Waals surface area contributed by atoms with Crippen LogP contribution in [0.3, 0.4) is 0 Å². The number of hydrogen-bond donors (Lipinski definition) is 2. The van der Waals surface area contributed by atoms with E-state index in [1.165, 1.54) is 12.1 Å². The zero-order valence-electron chi connectivity index (χ0n) is 16.7. The molecule has 0 radical (unpaired) electrons. The van der Waals surface area contributed by atoms with E-state index in [9.17, 15) is 13.2 Å². The average Bonchev–Trinajstić information content (AvgIpc) is 3.26. The molecule has 2 aromatic carbocycles. The summed E-state index contributed by atoms with van der Waals surface area (Å²) in [6.45, 7) is 1.14. The molecule has 0 atom stereocenters. The van der Waals surface area contributed by atoms with Crippen LogP contribution in [0, 0.1) is 0 Å². The van der Waals surface area contributed by atoms with Gasteiger partial charge in [-0.15, -0.1) is 0 Å². The number of hydrogen-bond acceptors (Lipinski definition) is 5. The van der Waals surface area contributed by atoms with Gasteiger partial charge in [-0.25, -0.2) is 13.1 Å². The number of nitrogens with one attached hydrogen (secondary N) is 2. The number of furan rings is 1. The van der Waals surface area contributed by atoms with Crippen LogP contribution >= 0.6 is 11.6 Å². The largest absolute Gasteiger partial charge is 0.467 e. The fourth-order valence-corrected chi connectivity index (χ4v) is 4.13. The van der Waals surface area contributed by atoms with Crippen LogP contribution in [-0.4, -0.2) is 20.9 Å². The summed E-state index contributed by atoms with van der Waals surface area (Å²) < 4.78 is 37.7. The zero-order chi connectivity index (χ0) is 22.1. The lowest BCUT2D eigenvalue weighted by molar-refractivity contribution is -0.121. The van der Waals surface area contributed by atoms with E-state index in [4.69, 9.17) is 20.8 Å². The molecule has 1 heterocycles. The molecule has 31 heavy (non-hydrogen) atoms. The summed E-state index contributed by atoms with van der Waals surface area (Å²) in [5.41, 5.74) is 1.90. The second-order valence-electron chi connectivity index (χ2n) is 6.77. The van der Waals surface area contributed by atoms with E-state index in [-0.39, 0.29) is 23.8 Å². The molecule has 2 N–H and O–H groups in total. The van der Waals surface area contributed by atoms with Gasteiger partial charge in [0.05, 0.1) is 17.8 Å². The molecule has 0 unspecified atom stereocenters. The quantitative estimate of drug-likeness (QED) is 0.453. The summed E-state index contributed by atoms with van der Waals surface area (Å²) in [7, 11) is -3.71. The first-order valence-corrected chi connectivity index (χ1v) is 11.5. The molecule has 0 aliphatic heterocycles. The predicted molar refractivity (Wildman–Crippen MR) is 117 cm³/mol. The molecule has 0 saturated heterocycles. The van der Waals surface area contributed by atoms with E-state index in [1.54, 1.807) is 18.4 Å². The van der Waals surface area contributed by atoms with Crippen molar-refractivity contribution in [2.45, 2.75) is 31.1 Å². The summed E-state index contributed by atoms with van der Waals surface area (Å²) in [6.07, 6.45) is 1.62. The summed E-state index contributed by atoms with van der Waals surface area (Å²) >= 11 is 5.83. The summed E-state index contributed by atoms with van der Waals surface area (Å²) in [5, 5.41) is 3.12. The molecule has 164 valence electrons. The maximum absolute atomic E-state index is 12.2. The molecule has 0 fully saturated rings. The molecular weight excluding hydrogens is 440 g/mol. The van der Waals surface area contributed by atoms with Gasteiger partial charge >= 0.3 is 0 Å². The molecule has 1 aromatic heterocycles. The van der Waals surface area contributed by atoms with Crippen LogP contribution in [0.15, 0.2) is 76.2 Å². The highest BCUT2D eigenvalue weighted by Crippen LogP contribution is 2.15. The second kappa shape index (κ2) is 11.1. The summed E-state index contributed by atoms with van der Waals surface area (Å²) in [5.74, 6) is 0.502. The van der Waals surface area contributed by atoms with Crippen LogP contribution < -0.4 is 10.0 Å². The number of carbonyl (C=O) groups excluding carboxylic acids is 1. The Balaban J connectivity index is 1.40. The Kier molecular flexibility index (Phi) is 8.25. The summed E-state index contributed by atoms with van der Waals surface area (Å²) in [6, 6.07) is 17.3. The van der Waals surface area contributed by atoms with Crippen LogP contribution in [0.25, 0.3) is 0 Å². The maximum atomic E-state index is 12.2. The first-order valence-electron chi connectivity index (χ1n) is 9.62. The van der Waals surface area contributed by atoms with E-state index >= 15 is 0 Å². The SMILES string of the molecule is O=C(CCNS(=O)(=O)c1cccc(Cl)c1)NCc1cccc(COCc2ccco2)c1. The Hall–Kier alpha value is -2.65. The minimum absolute atomic E-state index is 0.0126. The Labute approximate surface area is 186 Å². The smallest absolute Gasteiger partial charge is 0.240 e. The van der Waals surface area contributed by atoms with Crippen molar-refractivity contribution in [1.29, 1.82) is 0 Å². The van der Waals surface area contributed by atoms with E-state index in [0.29, 0.717) is 24.8 Å². The van der Waals surface area contributed by atoms with Gasteiger partial charge in [0.2, 0.25) is 15.9 Å². The van der Waals surface area contributed by atoms with Gasteiger partial charge in [0.25, 0.3) is 0 Å². The normalized spacial score (nSPS) is 11.4. The van der Waals surface area contributed by atoms with Gasteiger partial charge in [-0.2, -0.15) is 0 Å². The molecule has 0 saturated carbocycles. The van der Waals surface area contributed by atoms with Crippen LogP contribution in [0.5, 0.6) is 0 Å². The third-order valence-electron chi connectivity index (χ3n) is 4.32. The van der Waals surface area contributed by atoms with Crippen molar-refractivity contribution in [3.63, 3.8) is 0 Å². The van der Waals surface area contributed by atoms with Crippen molar-refractivity contribution in [2.75, 3.05) is 6.54 Å². The lowest BCUT2D eigenvalue weighted by Gasteiger charge is -2.09. The molecule has 3 aromatic rings. The molecule has 9 heteroatoms. The molecular formula is C22H23ClN2O5S. The van der Waals surface area contributed by atoms with Crippen LogP contribution in [0.4, 0.5) is 0 Å². The maximum Gasteiger partial charge on any atom is 0.240 e. The summed E-state index contributed by atoms with van der Waals surface area (Å²) in [4.78, 5) is 12.1. The highest BCUT2D eigenvalue weighted by atomic mass is 35.5. The van der Waals surface area contributed by atoms with Crippen molar-refractivity contribution in [2.24, 2.45) is 0 Å². The van der Waals surface area contributed by atoms with Crippen LogP contribution in [-0.2, 0) is 39.3 Å². The molecule has 1 amide bonds. The molecule has 0 bridgehead atoms. The fourth-order valence-electron chi connectivity index (χ4n) is 2.80. The van der Waals surface area contributed by atoms with E-state index in [0.717, 1.165) is 16.9 Å². The molecule has 0 aliphatic rings. The zero-order valence-corrected chi connectivity index (χ0v) is 18.3. The molecule has 0 aliphatic carbocycles. The number of sulfonamides is 1. The third-order valence-corrected chi connectivity index (χ3v) is 6.02. The monoisotopic (exact) mass is 462 g/mol. The third kappa shape index (κ3) is 7.52. The molecule has 3 rings (SSSR count). The Morgan fingerprint density at radius 3 is 2.58 bits per heavy atom. The van der Waals surface area contributed by atoms with Gasteiger partial charge in [-0.3, -0.25) is 4.79 Å². The molecule has 0 spiro atoms. The van der Waals surface area contributed by atoms with Gasteiger partial charge in [0.1, 0.15) is 12.4 Å². The van der Waals surface area contributed by atoms with Gasteiger partial charge < -0.3 is 14.5 Å². The fraction of sp³-hybridized carbons (Fsp3) is 0.227. The minimum atomic E-state index is -3.71. The second-order valence-corrected chi connectivity index (χ2v) is 8.98. The Bertz CT molecular complexity index is 1100. The highest BCUT2D eigenvalue weighted by molar-refractivity contribution is 7.89. The van der Waals surface area contributed by atoms with Crippen molar-refractivity contribution in [3.05, 3.63) is 88.8 Å². The topological polar surface area (TPSA) is 97.6 Å². The molecule has 7 nitrogen and oxygen atoms in total. The van der Waals surface area contributed by atoms with Gasteiger partial charge in [-0.05, 0) is 41.5 Å². The van der Waals surface area contributed by atoms with Crippen LogP contribution in [0.2, 0.25) is 5.02 Å². The van der Waals surface area contributed by atoms with Crippen molar-refractivity contribution < 1.29 is 22.4 Å². The van der Waals surface area contributed by atoms with Gasteiger partial charge in [0.15, 0.2) is 0 Å². The van der Waals surface area contributed by atoms with Crippen molar-refractivity contribution in [1.82, 2.24) is 10.0 Å². The van der Waals surface area contributed by atoms with E-state index in [1.807, 2.05) is 36.4 Å². The minimum Gasteiger partial charge on any atom is -0.467 e.